The largest absolute Gasteiger partial charge is 0.501 e. The first-order valence-electron chi connectivity index (χ1n) is 16.4. The minimum atomic E-state index is -2.09. The monoisotopic (exact) mass is 762 g/mol. The fourth-order valence-electron chi connectivity index (χ4n) is 5.78. The molecule has 0 saturated heterocycles. The average molecular weight is 762 g/mol. The molecule has 0 unspecified atom stereocenters. The van der Waals surface area contributed by atoms with E-state index in [1.54, 1.807) is 18.2 Å². The predicted molar refractivity (Wildman–Crippen MR) is 178 cm³/mol. The van der Waals surface area contributed by atoms with Crippen LogP contribution in [-0.2, 0) is 20.1 Å². The maximum absolute atomic E-state index is 7.23. The molecule has 3 heterocycles. The molecule has 0 atom stereocenters. The molecule has 3 aromatic carbocycles. The van der Waals surface area contributed by atoms with Gasteiger partial charge < -0.3 is 14.4 Å². The fourth-order valence-corrected chi connectivity index (χ4v) is 6.94. The van der Waals surface area contributed by atoms with Crippen LogP contribution in [0.1, 0.15) is 53.3 Å². The molecule has 1 fully saturated rings. The third-order valence-corrected chi connectivity index (χ3v) is 10.2. The van der Waals surface area contributed by atoms with E-state index < -0.39 is 14.9 Å². The molecule has 0 bridgehead atoms. The molecule has 1 aliphatic carbocycles. The minimum Gasteiger partial charge on any atom is -0.501 e. The zero-order chi connectivity index (χ0) is 31.6. The van der Waals surface area contributed by atoms with Crippen molar-refractivity contribution in [3.63, 3.8) is 0 Å². The van der Waals surface area contributed by atoms with Crippen LogP contribution in [0.4, 0.5) is 0 Å². The van der Waals surface area contributed by atoms with Gasteiger partial charge in [0.25, 0.3) is 0 Å². The number of rotatable bonds is 4. The zero-order valence-electron chi connectivity index (χ0n) is 27.9. The molecule has 1 aliphatic rings. The standard InChI is InChI=1S/C26H28NOSi.C12H10N.Ir/c1-29(2,3)20-12-13-25-23(17-20)21-10-7-11-22(26(21)28-25)24-16-19(14-15-27-24)18-8-5-4-6-9-18;1-10-7-8-12(13-9-10)11-5-3-2-4-6-11;/h7,10,12-18H,4-6,8-9H2,1-3H3;2-5,7-9H,1H3;/q2*-1;/i;1D3;. The van der Waals surface area contributed by atoms with Gasteiger partial charge in [0.1, 0.15) is 5.58 Å². The second-order valence-electron chi connectivity index (χ2n) is 12.2. The van der Waals surface area contributed by atoms with E-state index in [9.17, 15) is 0 Å². The second kappa shape index (κ2) is 13.5. The Balaban J connectivity index is 0.000000209. The Hall–Kier alpha value is -3.37. The summed E-state index contributed by atoms with van der Waals surface area (Å²) in [5.74, 6) is 0.666. The Bertz CT molecular complexity index is 1910. The summed E-state index contributed by atoms with van der Waals surface area (Å²) in [6, 6.07) is 32.5. The van der Waals surface area contributed by atoms with E-state index >= 15 is 0 Å². The third-order valence-electron chi connectivity index (χ3n) is 8.16. The van der Waals surface area contributed by atoms with Crippen LogP contribution in [0.3, 0.4) is 0 Å². The first-order chi connectivity index (χ1) is 21.6. The van der Waals surface area contributed by atoms with Gasteiger partial charge in [0.2, 0.25) is 0 Å². The Morgan fingerprint density at radius 3 is 2.42 bits per heavy atom. The van der Waals surface area contributed by atoms with Gasteiger partial charge in [-0.2, -0.15) is 0 Å². The Morgan fingerprint density at radius 1 is 0.837 bits per heavy atom. The molecule has 7 rings (SSSR count). The van der Waals surface area contributed by atoms with Crippen molar-refractivity contribution < 1.29 is 28.6 Å². The van der Waals surface area contributed by atoms with Gasteiger partial charge in [-0.05, 0) is 54.7 Å². The van der Waals surface area contributed by atoms with Gasteiger partial charge in [-0.15, -0.1) is 54.1 Å². The van der Waals surface area contributed by atoms with Crippen molar-refractivity contribution >= 4 is 35.2 Å². The van der Waals surface area contributed by atoms with Crippen LogP contribution in [0.2, 0.25) is 19.6 Å². The number of furan rings is 1. The van der Waals surface area contributed by atoms with Crippen LogP contribution >= 0.6 is 0 Å². The van der Waals surface area contributed by atoms with Crippen LogP contribution in [0.25, 0.3) is 44.5 Å². The van der Waals surface area contributed by atoms with Crippen LogP contribution in [0, 0.1) is 19.0 Å². The van der Waals surface area contributed by atoms with E-state index in [4.69, 9.17) is 13.5 Å². The maximum atomic E-state index is 7.23. The number of hydrogen-bond donors (Lipinski definition) is 0. The number of pyridine rings is 2. The summed E-state index contributed by atoms with van der Waals surface area (Å²) in [5.41, 5.74) is 7.07. The van der Waals surface area contributed by atoms with Crippen molar-refractivity contribution in [1.29, 1.82) is 0 Å². The molecule has 0 spiro atoms. The molecular formula is C38H38IrN2OSi-2. The summed E-state index contributed by atoms with van der Waals surface area (Å²) in [6.45, 7) is 5.06. The normalized spacial score (nSPS) is 15.1. The average Bonchev–Trinajstić information content (AvgIpc) is 3.44. The maximum Gasteiger partial charge on any atom is 0.120 e. The van der Waals surface area contributed by atoms with Crippen molar-refractivity contribution in [2.75, 3.05) is 0 Å². The molecule has 0 amide bonds. The third kappa shape index (κ3) is 7.07. The number of aromatic nitrogens is 2. The molecule has 0 aliphatic heterocycles. The summed E-state index contributed by atoms with van der Waals surface area (Å²) in [6.07, 6.45) is 9.99. The van der Waals surface area contributed by atoms with Gasteiger partial charge in [0, 0.05) is 42.0 Å². The van der Waals surface area contributed by atoms with Crippen LogP contribution in [-0.4, -0.2) is 18.0 Å². The first-order valence-corrected chi connectivity index (χ1v) is 18.4. The predicted octanol–water partition coefficient (Wildman–Crippen LogP) is 9.90. The Labute approximate surface area is 274 Å². The molecule has 221 valence electrons. The van der Waals surface area contributed by atoms with E-state index in [1.807, 2.05) is 30.5 Å². The number of fused-ring (bicyclic) bond motifs is 3. The van der Waals surface area contributed by atoms with Crippen molar-refractivity contribution in [2.45, 2.75) is 64.5 Å². The van der Waals surface area contributed by atoms with Crippen molar-refractivity contribution in [1.82, 2.24) is 9.97 Å². The quantitative estimate of drug-likeness (QED) is 0.133. The SMILES string of the molecule is C[Si](C)(C)c1ccc2oc3c(-c4cc(C5CCCCC5)ccn4)[c-]ccc3c2c1.[2H]C([2H])([2H])c1ccc(-c2[c-]cccc2)nc1.[Ir]. The summed E-state index contributed by atoms with van der Waals surface area (Å²) in [7, 11) is -1.38. The molecule has 1 saturated carbocycles. The molecule has 6 aromatic rings. The van der Waals surface area contributed by atoms with Gasteiger partial charge in [-0.1, -0.05) is 90.9 Å². The first kappa shape index (κ1) is 27.2. The van der Waals surface area contributed by atoms with Gasteiger partial charge in [-0.3, -0.25) is 0 Å². The molecule has 0 N–H and O–H groups in total. The molecule has 5 heteroatoms. The molecular weight excluding hydrogens is 721 g/mol. The summed E-state index contributed by atoms with van der Waals surface area (Å²) >= 11 is 0. The van der Waals surface area contributed by atoms with Gasteiger partial charge in [-0.25, -0.2) is 0 Å². The summed E-state index contributed by atoms with van der Waals surface area (Å²) < 4.78 is 28.0. The topological polar surface area (TPSA) is 38.9 Å². The zero-order valence-corrected chi connectivity index (χ0v) is 28.3. The van der Waals surface area contributed by atoms with E-state index in [1.165, 1.54) is 59.8 Å². The van der Waals surface area contributed by atoms with Crippen molar-refractivity contribution in [2.24, 2.45) is 0 Å². The van der Waals surface area contributed by atoms with Crippen molar-refractivity contribution in [3.05, 3.63) is 115 Å². The second-order valence-corrected chi connectivity index (χ2v) is 17.3. The van der Waals surface area contributed by atoms with Crippen molar-refractivity contribution in [3.8, 4) is 22.5 Å². The van der Waals surface area contributed by atoms with Crippen LogP contribution in [0.5, 0.6) is 0 Å². The number of nitrogens with zero attached hydrogens (tertiary/aromatic N) is 2. The van der Waals surface area contributed by atoms with Gasteiger partial charge in [0.15, 0.2) is 0 Å². The molecule has 43 heavy (non-hydrogen) atoms. The molecule has 1 radical (unpaired) electrons. The van der Waals surface area contributed by atoms with E-state index in [0.29, 0.717) is 5.92 Å². The summed E-state index contributed by atoms with van der Waals surface area (Å²) in [4.78, 5) is 8.82. The smallest absolute Gasteiger partial charge is 0.120 e. The van der Waals surface area contributed by atoms with Gasteiger partial charge >= 0.3 is 0 Å². The fraction of sp³-hybridized carbons (Fsp3) is 0.263. The summed E-state index contributed by atoms with van der Waals surface area (Å²) in [5, 5.41) is 3.83. The van der Waals surface area contributed by atoms with Gasteiger partial charge in [0.05, 0.1) is 13.7 Å². The van der Waals surface area contributed by atoms with E-state index in [-0.39, 0.29) is 25.7 Å². The van der Waals surface area contributed by atoms with E-state index in [2.05, 4.69) is 73.2 Å². The Kier molecular flexibility index (Phi) is 8.54. The van der Waals surface area contributed by atoms with Crippen LogP contribution in [0.15, 0.2) is 95.7 Å². The molecule has 3 aromatic heterocycles. The minimum absolute atomic E-state index is 0. The number of benzene rings is 3. The number of aryl methyl sites for hydroxylation is 1. The Morgan fingerprint density at radius 2 is 1.70 bits per heavy atom. The molecule has 3 nitrogen and oxygen atoms in total. The number of hydrogen-bond acceptors (Lipinski definition) is 3. The van der Waals surface area contributed by atoms with E-state index in [0.717, 1.165) is 33.7 Å². The van der Waals surface area contributed by atoms with Crippen LogP contribution < -0.4 is 5.19 Å².